The van der Waals surface area contributed by atoms with E-state index < -0.39 is 6.10 Å². The van der Waals surface area contributed by atoms with Gasteiger partial charge in [0.05, 0.1) is 37.4 Å². The highest BCUT2D eigenvalue weighted by Crippen LogP contribution is 2.35. The number of hydrogen-bond donors (Lipinski definition) is 2. The minimum atomic E-state index is -0.611. The number of thiophene rings is 1. The van der Waals surface area contributed by atoms with Gasteiger partial charge in [-0.3, -0.25) is 9.69 Å². The summed E-state index contributed by atoms with van der Waals surface area (Å²) in [7, 11) is 1.65. The Morgan fingerprint density at radius 1 is 1.41 bits per heavy atom. The molecule has 2 aromatic heterocycles. The molecule has 162 valence electrons. The molecule has 0 saturated heterocycles. The van der Waals surface area contributed by atoms with Crippen LogP contribution in [0.5, 0.6) is 0 Å². The number of fused-ring (bicyclic) bond motifs is 3. The van der Waals surface area contributed by atoms with Crippen molar-refractivity contribution >= 4 is 21.6 Å². The Morgan fingerprint density at radius 3 is 2.93 bits per heavy atom. The fourth-order valence-electron chi connectivity index (χ4n) is 3.79. The number of ether oxygens (including phenoxy) is 2. The zero-order valence-corrected chi connectivity index (χ0v) is 18.7. The number of rotatable bonds is 10. The highest BCUT2D eigenvalue weighted by molar-refractivity contribution is 7.18. The summed E-state index contributed by atoms with van der Waals surface area (Å²) in [5, 5.41) is 11.1. The van der Waals surface area contributed by atoms with E-state index in [-0.39, 0.29) is 18.3 Å². The lowest BCUT2D eigenvalue weighted by molar-refractivity contribution is -0.0124. The molecule has 29 heavy (non-hydrogen) atoms. The van der Waals surface area contributed by atoms with Gasteiger partial charge in [-0.05, 0) is 44.6 Å². The van der Waals surface area contributed by atoms with Gasteiger partial charge >= 0.3 is 0 Å². The Labute approximate surface area is 176 Å². The third kappa shape index (κ3) is 5.86. The number of nitrogens with one attached hydrogen (secondary N) is 1. The van der Waals surface area contributed by atoms with Crippen LogP contribution in [0.3, 0.4) is 0 Å². The van der Waals surface area contributed by atoms with Gasteiger partial charge in [-0.1, -0.05) is 6.92 Å². The van der Waals surface area contributed by atoms with Crippen molar-refractivity contribution in [3.05, 3.63) is 26.6 Å². The number of aryl methyl sites for hydroxylation is 1. The maximum atomic E-state index is 12.8. The van der Waals surface area contributed by atoms with Gasteiger partial charge in [0.15, 0.2) is 0 Å². The molecule has 7 nitrogen and oxygen atoms in total. The molecule has 2 aromatic rings. The molecule has 8 heteroatoms. The van der Waals surface area contributed by atoms with Gasteiger partial charge in [-0.2, -0.15) is 0 Å². The molecule has 0 fully saturated rings. The fourth-order valence-corrected chi connectivity index (χ4v) is 5.19. The van der Waals surface area contributed by atoms with E-state index in [1.807, 2.05) is 18.7 Å². The molecule has 2 heterocycles. The van der Waals surface area contributed by atoms with Crippen molar-refractivity contribution in [2.75, 3.05) is 33.4 Å². The molecule has 3 rings (SSSR count). The molecular weight excluding hydrogens is 390 g/mol. The number of H-pyrrole nitrogens is 1. The van der Waals surface area contributed by atoms with E-state index in [0.29, 0.717) is 38.0 Å². The van der Waals surface area contributed by atoms with Crippen LogP contribution in [0.4, 0.5) is 0 Å². The monoisotopic (exact) mass is 423 g/mol. The Kier molecular flexibility index (Phi) is 7.81. The van der Waals surface area contributed by atoms with Gasteiger partial charge in [0.1, 0.15) is 10.7 Å². The molecule has 0 radical (unpaired) electrons. The maximum absolute atomic E-state index is 12.8. The van der Waals surface area contributed by atoms with E-state index in [1.165, 1.54) is 10.4 Å². The van der Waals surface area contributed by atoms with Crippen LogP contribution in [-0.4, -0.2) is 65.6 Å². The first-order chi connectivity index (χ1) is 13.9. The molecule has 1 aliphatic rings. The van der Waals surface area contributed by atoms with E-state index in [9.17, 15) is 9.90 Å². The smallest absolute Gasteiger partial charge is 0.259 e. The van der Waals surface area contributed by atoms with Crippen LogP contribution in [0.1, 0.15) is 43.5 Å². The summed E-state index contributed by atoms with van der Waals surface area (Å²) in [5.41, 5.74) is 1.15. The third-order valence-electron chi connectivity index (χ3n) is 5.29. The summed E-state index contributed by atoms with van der Waals surface area (Å²) in [6.07, 6.45) is 2.59. The van der Waals surface area contributed by atoms with Crippen LogP contribution in [-0.2, 0) is 28.9 Å². The van der Waals surface area contributed by atoms with Crippen LogP contribution in [0.2, 0.25) is 0 Å². The number of methoxy groups -OCH3 is 1. The van der Waals surface area contributed by atoms with Crippen LogP contribution in [0, 0.1) is 5.92 Å². The van der Waals surface area contributed by atoms with E-state index in [2.05, 4.69) is 11.9 Å². The molecule has 2 N–H and O–H groups in total. The van der Waals surface area contributed by atoms with E-state index >= 15 is 0 Å². The topological polar surface area (TPSA) is 87.7 Å². The Morgan fingerprint density at radius 2 is 2.21 bits per heavy atom. The molecule has 2 atom stereocenters. The minimum absolute atomic E-state index is 0.0487. The second kappa shape index (κ2) is 10.1. The van der Waals surface area contributed by atoms with Crippen molar-refractivity contribution in [1.82, 2.24) is 14.9 Å². The standard InChI is InChI=1S/C21H33N3O4S/c1-13(2)28-12-15(25)10-24(7-8-27-4)11-18-22-20(26)19-16-6-5-14(3)9-17(16)29-21(19)23-18/h13-15,25H,5-12H2,1-4H3,(H,22,23,26)/t14-,15-/m1/s1. The molecule has 0 bridgehead atoms. The number of aromatic nitrogens is 2. The second-order valence-electron chi connectivity index (χ2n) is 8.31. The van der Waals surface area contributed by atoms with Crippen molar-refractivity contribution < 1.29 is 14.6 Å². The lowest BCUT2D eigenvalue weighted by Gasteiger charge is -2.24. The Balaban J connectivity index is 1.77. The van der Waals surface area contributed by atoms with E-state index in [0.717, 1.165) is 29.5 Å². The lowest BCUT2D eigenvalue weighted by Crippen LogP contribution is -2.37. The van der Waals surface area contributed by atoms with Gasteiger partial charge in [0.25, 0.3) is 5.56 Å². The maximum Gasteiger partial charge on any atom is 0.259 e. The number of nitrogens with zero attached hydrogens (tertiary/aromatic N) is 2. The molecule has 0 saturated carbocycles. The number of aliphatic hydroxyl groups excluding tert-OH is 1. The van der Waals surface area contributed by atoms with Gasteiger partial charge in [-0.25, -0.2) is 4.98 Å². The normalized spacial score (nSPS) is 18.0. The average molecular weight is 424 g/mol. The first-order valence-electron chi connectivity index (χ1n) is 10.4. The Bertz CT molecular complexity index is 863. The van der Waals surface area contributed by atoms with Crippen LogP contribution < -0.4 is 5.56 Å². The molecule has 0 amide bonds. The zero-order valence-electron chi connectivity index (χ0n) is 17.9. The van der Waals surface area contributed by atoms with Gasteiger partial charge < -0.3 is 19.6 Å². The van der Waals surface area contributed by atoms with Gasteiger partial charge in [-0.15, -0.1) is 11.3 Å². The molecule has 0 aliphatic heterocycles. The summed E-state index contributed by atoms with van der Waals surface area (Å²) in [6, 6.07) is 0. The van der Waals surface area contributed by atoms with E-state index in [4.69, 9.17) is 14.5 Å². The van der Waals surface area contributed by atoms with Crippen molar-refractivity contribution in [2.24, 2.45) is 5.92 Å². The predicted octanol–water partition coefficient (Wildman–Crippen LogP) is 2.34. The Hall–Kier alpha value is -1.32. The van der Waals surface area contributed by atoms with Crippen LogP contribution in [0.15, 0.2) is 4.79 Å². The van der Waals surface area contributed by atoms with Crippen molar-refractivity contribution in [2.45, 2.75) is 58.8 Å². The second-order valence-corrected chi connectivity index (χ2v) is 9.39. The lowest BCUT2D eigenvalue weighted by atomic mass is 9.89. The molecule has 0 aromatic carbocycles. The largest absolute Gasteiger partial charge is 0.389 e. The SMILES string of the molecule is COCCN(Cc1nc2sc3c(c2c(=O)[nH]1)CC[C@@H](C)C3)C[C@@H](O)COC(C)C. The average Bonchev–Trinajstić information content (AvgIpc) is 3.02. The summed E-state index contributed by atoms with van der Waals surface area (Å²) < 4.78 is 10.7. The summed E-state index contributed by atoms with van der Waals surface area (Å²) in [5.74, 6) is 1.29. The van der Waals surface area contributed by atoms with Crippen molar-refractivity contribution in [3.63, 3.8) is 0 Å². The molecule has 0 spiro atoms. The number of aliphatic hydroxyl groups is 1. The fraction of sp³-hybridized carbons (Fsp3) is 0.714. The van der Waals surface area contributed by atoms with E-state index in [1.54, 1.807) is 18.4 Å². The van der Waals surface area contributed by atoms with Crippen molar-refractivity contribution in [3.8, 4) is 0 Å². The minimum Gasteiger partial charge on any atom is -0.389 e. The summed E-state index contributed by atoms with van der Waals surface area (Å²) >= 11 is 1.66. The first kappa shape index (κ1) is 22.4. The van der Waals surface area contributed by atoms with Gasteiger partial charge in [0, 0.05) is 25.1 Å². The zero-order chi connectivity index (χ0) is 21.0. The highest BCUT2D eigenvalue weighted by Gasteiger charge is 2.23. The van der Waals surface area contributed by atoms with Gasteiger partial charge in [0.2, 0.25) is 0 Å². The van der Waals surface area contributed by atoms with Crippen LogP contribution >= 0.6 is 11.3 Å². The summed E-state index contributed by atoms with van der Waals surface area (Å²) in [6.45, 7) is 8.48. The molecule has 0 unspecified atom stereocenters. The molecular formula is C21H33N3O4S. The highest BCUT2D eigenvalue weighted by atomic mass is 32.1. The molecule has 1 aliphatic carbocycles. The number of hydrogen-bond acceptors (Lipinski definition) is 7. The predicted molar refractivity (Wildman–Crippen MR) is 116 cm³/mol. The quantitative estimate of drug-likeness (QED) is 0.610. The van der Waals surface area contributed by atoms with Crippen molar-refractivity contribution in [1.29, 1.82) is 0 Å². The third-order valence-corrected chi connectivity index (χ3v) is 6.44. The first-order valence-corrected chi connectivity index (χ1v) is 11.2. The summed E-state index contributed by atoms with van der Waals surface area (Å²) in [4.78, 5) is 24.7. The van der Waals surface area contributed by atoms with Crippen LogP contribution in [0.25, 0.3) is 10.2 Å². The number of aromatic amines is 1.